The second-order valence-corrected chi connectivity index (χ2v) is 3.52. The number of aryl methyl sites for hydroxylation is 2. The Morgan fingerprint density at radius 3 is 2.31 bits per heavy atom. The maximum atomic E-state index is 5.84. The molecule has 0 radical (unpaired) electrons. The molecule has 0 saturated heterocycles. The summed E-state index contributed by atoms with van der Waals surface area (Å²) in [5.74, 6) is 0.766. The third-order valence-corrected chi connectivity index (χ3v) is 2.24. The molecule has 13 heavy (non-hydrogen) atoms. The molecule has 0 aliphatic rings. The summed E-state index contributed by atoms with van der Waals surface area (Å²) < 4.78 is 0. The molecule has 2 N–H and O–H groups in total. The van der Waals surface area contributed by atoms with Gasteiger partial charge in [-0.15, -0.1) is 0 Å². The first-order valence-electron chi connectivity index (χ1n) is 4.29. The Hall–Kier alpha value is -0.890. The van der Waals surface area contributed by atoms with Crippen molar-refractivity contribution in [2.24, 2.45) is 0 Å². The molecule has 0 amide bonds. The van der Waals surface area contributed by atoms with Crippen LogP contribution in [0.5, 0.6) is 0 Å². The van der Waals surface area contributed by atoms with E-state index in [2.05, 4.69) is 30.8 Å². The second kappa shape index (κ2) is 4.38. The SMILES string of the molecule is Cc1cc(C=CCS)cc(C)c1N. The highest BCUT2D eigenvalue weighted by Gasteiger charge is 1.98. The first kappa shape index (κ1) is 10.2. The molecular weight excluding hydrogens is 178 g/mol. The van der Waals surface area contributed by atoms with Gasteiger partial charge in [-0.3, -0.25) is 0 Å². The van der Waals surface area contributed by atoms with Gasteiger partial charge in [0.25, 0.3) is 0 Å². The number of rotatable bonds is 2. The molecule has 1 rings (SSSR count). The summed E-state index contributed by atoms with van der Waals surface area (Å²) in [4.78, 5) is 0. The van der Waals surface area contributed by atoms with Gasteiger partial charge in [-0.25, -0.2) is 0 Å². The lowest BCUT2D eigenvalue weighted by molar-refractivity contribution is 1.38. The summed E-state index contributed by atoms with van der Waals surface area (Å²) in [6, 6.07) is 4.17. The van der Waals surface area contributed by atoms with Crippen LogP contribution in [0.25, 0.3) is 6.08 Å². The molecule has 0 aromatic heterocycles. The molecule has 1 nitrogen and oxygen atoms in total. The van der Waals surface area contributed by atoms with Gasteiger partial charge in [-0.2, -0.15) is 12.6 Å². The minimum absolute atomic E-state index is 0.766. The van der Waals surface area contributed by atoms with Crippen molar-refractivity contribution < 1.29 is 0 Å². The van der Waals surface area contributed by atoms with Gasteiger partial charge in [0.15, 0.2) is 0 Å². The normalized spacial score (nSPS) is 11.0. The monoisotopic (exact) mass is 193 g/mol. The van der Waals surface area contributed by atoms with Gasteiger partial charge in [0.2, 0.25) is 0 Å². The van der Waals surface area contributed by atoms with Crippen LogP contribution in [0.4, 0.5) is 5.69 Å². The van der Waals surface area contributed by atoms with E-state index in [0.717, 1.165) is 22.6 Å². The first-order chi connectivity index (χ1) is 6.15. The number of anilines is 1. The highest BCUT2D eigenvalue weighted by molar-refractivity contribution is 7.80. The molecule has 2 heteroatoms. The van der Waals surface area contributed by atoms with E-state index < -0.39 is 0 Å². The van der Waals surface area contributed by atoms with Crippen LogP contribution in [0.15, 0.2) is 18.2 Å². The van der Waals surface area contributed by atoms with Crippen molar-refractivity contribution in [3.05, 3.63) is 34.9 Å². The predicted octanol–water partition coefficient (Wildman–Crippen LogP) is 2.83. The Labute approximate surface area is 85.1 Å². The van der Waals surface area contributed by atoms with Crippen molar-refractivity contribution in [1.29, 1.82) is 0 Å². The molecule has 0 unspecified atom stereocenters. The zero-order chi connectivity index (χ0) is 9.84. The molecule has 1 aromatic carbocycles. The lowest BCUT2D eigenvalue weighted by Crippen LogP contribution is -1.93. The van der Waals surface area contributed by atoms with Gasteiger partial charge < -0.3 is 5.73 Å². The van der Waals surface area contributed by atoms with Crippen LogP contribution < -0.4 is 5.73 Å². The third-order valence-electron chi connectivity index (χ3n) is 2.03. The van der Waals surface area contributed by atoms with E-state index in [1.165, 1.54) is 5.56 Å². The van der Waals surface area contributed by atoms with Crippen LogP contribution in [0.3, 0.4) is 0 Å². The largest absolute Gasteiger partial charge is 0.398 e. The number of thiol groups is 1. The maximum Gasteiger partial charge on any atom is 0.0373 e. The molecule has 0 spiro atoms. The van der Waals surface area contributed by atoms with Crippen LogP contribution in [0.1, 0.15) is 16.7 Å². The molecular formula is C11H15NS. The van der Waals surface area contributed by atoms with E-state index in [1.807, 2.05) is 19.9 Å². The highest BCUT2D eigenvalue weighted by atomic mass is 32.1. The van der Waals surface area contributed by atoms with E-state index in [1.54, 1.807) is 0 Å². The fourth-order valence-corrected chi connectivity index (χ4v) is 1.40. The second-order valence-electron chi connectivity index (χ2n) is 3.15. The molecule has 0 heterocycles. The molecule has 0 bridgehead atoms. The number of nitrogens with two attached hydrogens (primary N) is 1. The van der Waals surface area contributed by atoms with Crippen molar-refractivity contribution in [2.75, 3.05) is 11.5 Å². The van der Waals surface area contributed by atoms with E-state index in [0.29, 0.717) is 0 Å². The highest BCUT2D eigenvalue weighted by Crippen LogP contribution is 2.19. The smallest absolute Gasteiger partial charge is 0.0373 e. The number of hydrogen-bond donors (Lipinski definition) is 2. The summed E-state index contributed by atoms with van der Waals surface area (Å²) in [7, 11) is 0. The number of hydrogen-bond acceptors (Lipinski definition) is 2. The van der Waals surface area contributed by atoms with Crippen LogP contribution in [-0.2, 0) is 0 Å². The lowest BCUT2D eigenvalue weighted by atomic mass is 10.0. The quantitative estimate of drug-likeness (QED) is 0.548. The molecule has 0 saturated carbocycles. The molecule has 0 aliphatic carbocycles. The molecule has 0 fully saturated rings. The molecule has 0 aliphatic heterocycles. The summed E-state index contributed by atoms with van der Waals surface area (Å²) in [5, 5.41) is 0. The Morgan fingerprint density at radius 1 is 1.31 bits per heavy atom. The standard InChI is InChI=1S/C11H15NS/c1-8-6-10(4-3-5-13)7-9(2)11(8)12/h3-4,6-7,13H,5,12H2,1-2H3. The fourth-order valence-electron chi connectivity index (χ4n) is 1.29. The topological polar surface area (TPSA) is 26.0 Å². The molecule has 0 atom stereocenters. The van der Waals surface area contributed by atoms with Crippen molar-refractivity contribution in [2.45, 2.75) is 13.8 Å². The fraction of sp³-hybridized carbons (Fsp3) is 0.273. The Balaban J connectivity index is 3.06. The van der Waals surface area contributed by atoms with E-state index in [9.17, 15) is 0 Å². The van der Waals surface area contributed by atoms with Crippen molar-refractivity contribution in [3.63, 3.8) is 0 Å². The lowest BCUT2D eigenvalue weighted by Gasteiger charge is -2.05. The number of nitrogen functional groups attached to an aromatic ring is 1. The van der Waals surface area contributed by atoms with Gasteiger partial charge in [0, 0.05) is 11.4 Å². The van der Waals surface area contributed by atoms with E-state index in [4.69, 9.17) is 5.73 Å². The van der Waals surface area contributed by atoms with Gasteiger partial charge in [0.1, 0.15) is 0 Å². The average molecular weight is 193 g/mol. The van der Waals surface area contributed by atoms with Gasteiger partial charge in [-0.05, 0) is 42.7 Å². The predicted molar refractivity (Wildman–Crippen MR) is 63.2 cm³/mol. The molecule has 1 aromatic rings. The average Bonchev–Trinajstić information content (AvgIpc) is 2.10. The van der Waals surface area contributed by atoms with Crippen molar-refractivity contribution in [1.82, 2.24) is 0 Å². The zero-order valence-corrected chi connectivity index (χ0v) is 8.94. The summed E-state index contributed by atoms with van der Waals surface area (Å²) >= 11 is 4.11. The number of benzene rings is 1. The maximum absolute atomic E-state index is 5.84. The Morgan fingerprint density at radius 2 is 1.85 bits per heavy atom. The first-order valence-corrected chi connectivity index (χ1v) is 4.92. The Bertz CT molecular complexity index is 306. The van der Waals surface area contributed by atoms with Crippen LogP contribution in [-0.4, -0.2) is 5.75 Å². The van der Waals surface area contributed by atoms with Crippen LogP contribution in [0.2, 0.25) is 0 Å². The van der Waals surface area contributed by atoms with Crippen molar-refractivity contribution >= 4 is 24.4 Å². The van der Waals surface area contributed by atoms with E-state index in [-0.39, 0.29) is 0 Å². The van der Waals surface area contributed by atoms with Crippen LogP contribution in [0, 0.1) is 13.8 Å². The van der Waals surface area contributed by atoms with Crippen LogP contribution >= 0.6 is 12.6 Å². The summed E-state index contributed by atoms with van der Waals surface area (Å²) in [5.41, 5.74) is 10.2. The summed E-state index contributed by atoms with van der Waals surface area (Å²) in [6.07, 6.45) is 4.08. The van der Waals surface area contributed by atoms with E-state index >= 15 is 0 Å². The molecule has 70 valence electrons. The minimum Gasteiger partial charge on any atom is -0.398 e. The van der Waals surface area contributed by atoms with Gasteiger partial charge in [0.05, 0.1) is 0 Å². The Kier molecular flexibility index (Phi) is 3.43. The zero-order valence-electron chi connectivity index (χ0n) is 8.04. The van der Waals surface area contributed by atoms with Gasteiger partial charge in [-0.1, -0.05) is 12.2 Å². The van der Waals surface area contributed by atoms with Gasteiger partial charge >= 0.3 is 0 Å². The van der Waals surface area contributed by atoms with Crippen molar-refractivity contribution in [3.8, 4) is 0 Å². The third kappa shape index (κ3) is 2.52. The summed E-state index contributed by atoms with van der Waals surface area (Å²) in [6.45, 7) is 4.06. The minimum atomic E-state index is 0.766.